The van der Waals surface area contributed by atoms with Crippen LogP contribution in [0.2, 0.25) is 5.02 Å². The molecule has 0 spiro atoms. The first-order valence-corrected chi connectivity index (χ1v) is 11.6. The zero-order valence-corrected chi connectivity index (χ0v) is 17.2. The molecule has 2 N–H and O–H groups in total. The number of rotatable bonds is 6. The molecule has 2 fully saturated rings. The molecule has 2 saturated heterocycles. The van der Waals surface area contributed by atoms with Gasteiger partial charge in [0.25, 0.3) is 10.0 Å². The number of anilines is 2. The fourth-order valence-corrected chi connectivity index (χ4v) is 6.28. The molecule has 0 amide bonds. The Bertz CT molecular complexity index is 989. The molecule has 4 rings (SSSR count). The monoisotopic (exact) mass is 448 g/mol. The van der Waals surface area contributed by atoms with E-state index in [1.54, 1.807) is 0 Å². The SMILES string of the molecule is O=S(=O)(Nc1ncc(F)s1)c1cc(Cl)c(NCC23CCCN2CCC3)cc1F. The lowest BCUT2D eigenvalue weighted by atomic mass is 9.94. The van der Waals surface area contributed by atoms with Crippen LogP contribution in [0, 0.1) is 10.9 Å². The van der Waals surface area contributed by atoms with Crippen LogP contribution >= 0.6 is 22.9 Å². The van der Waals surface area contributed by atoms with Crippen LogP contribution in [0.3, 0.4) is 0 Å². The predicted octanol–water partition coefficient (Wildman–Crippen LogP) is 3.92. The van der Waals surface area contributed by atoms with Crippen molar-refractivity contribution in [1.29, 1.82) is 0 Å². The Kier molecular flexibility index (Phi) is 5.24. The molecule has 3 heterocycles. The van der Waals surface area contributed by atoms with Gasteiger partial charge in [-0.1, -0.05) is 22.9 Å². The summed E-state index contributed by atoms with van der Waals surface area (Å²) in [5, 5.41) is 2.47. The largest absolute Gasteiger partial charge is 0.382 e. The van der Waals surface area contributed by atoms with E-state index in [0.717, 1.165) is 57.1 Å². The van der Waals surface area contributed by atoms with Gasteiger partial charge in [-0.25, -0.2) is 17.8 Å². The summed E-state index contributed by atoms with van der Waals surface area (Å²) in [6.07, 6.45) is 5.34. The summed E-state index contributed by atoms with van der Waals surface area (Å²) in [7, 11) is -4.28. The lowest BCUT2D eigenvalue weighted by Gasteiger charge is -2.32. The maximum Gasteiger partial charge on any atom is 0.266 e. The second-order valence-electron chi connectivity index (χ2n) is 7.11. The maximum absolute atomic E-state index is 14.6. The molecule has 0 aliphatic carbocycles. The molecule has 2 aliphatic rings. The lowest BCUT2D eigenvalue weighted by molar-refractivity contribution is 0.209. The molecule has 11 heteroatoms. The Morgan fingerprint density at radius 3 is 2.61 bits per heavy atom. The van der Waals surface area contributed by atoms with E-state index < -0.39 is 25.9 Å². The molecule has 0 atom stereocenters. The Balaban J connectivity index is 1.53. The van der Waals surface area contributed by atoms with Crippen molar-refractivity contribution in [3.05, 3.63) is 34.3 Å². The minimum absolute atomic E-state index is 0.0705. The molecule has 152 valence electrons. The van der Waals surface area contributed by atoms with Gasteiger partial charge in [0.2, 0.25) is 0 Å². The van der Waals surface area contributed by atoms with E-state index in [1.807, 2.05) is 0 Å². The molecule has 28 heavy (non-hydrogen) atoms. The van der Waals surface area contributed by atoms with E-state index in [2.05, 4.69) is 19.9 Å². The van der Waals surface area contributed by atoms with E-state index in [0.29, 0.717) is 23.6 Å². The fraction of sp³-hybridized carbons (Fsp3) is 0.471. The number of sulfonamides is 1. The predicted molar refractivity (Wildman–Crippen MR) is 106 cm³/mol. The molecule has 0 bridgehead atoms. The number of benzene rings is 1. The minimum Gasteiger partial charge on any atom is -0.382 e. The number of hydrogen-bond acceptors (Lipinski definition) is 6. The van der Waals surface area contributed by atoms with Gasteiger partial charge in [-0.15, -0.1) is 0 Å². The van der Waals surface area contributed by atoms with Crippen molar-refractivity contribution < 1.29 is 17.2 Å². The highest BCUT2D eigenvalue weighted by atomic mass is 35.5. The van der Waals surface area contributed by atoms with Gasteiger partial charge in [0, 0.05) is 12.1 Å². The highest BCUT2D eigenvalue weighted by molar-refractivity contribution is 7.93. The lowest BCUT2D eigenvalue weighted by Crippen LogP contribution is -2.44. The van der Waals surface area contributed by atoms with Crippen molar-refractivity contribution in [2.75, 3.05) is 29.7 Å². The van der Waals surface area contributed by atoms with E-state index in [-0.39, 0.29) is 15.7 Å². The summed E-state index contributed by atoms with van der Waals surface area (Å²) in [5.41, 5.74) is 0.424. The number of fused-ring (bicyclic) bond motifs is 1. The quantitative estimate of drug-likeness (QED) is 0.700. The third kappa shape index (κ3) is 3.70. The summed E-state index contributed by atoms with van der Waals surface area (Å²) in [6, 6.07) is 2.15. The average Bonchev–Trinajstić information content (AvgIpc) is 3.30. The summed E-state index contributed by atoms with van der Waals surface area (Å²) in [6.45, 7) is 2.78. The molecule has 1 aromatic carbocycles. The number of thiazole rings is 1. The summed E-state index contributed by atoms with van der Waals surface area (Å²) < 4.78 is 54.5. The summed E-state index contributed by atoms with van der Waals surface area (Å²) >= 11 is 6.74. The number of nitrogens with zero attached hydrogens (tertiary/aromatic N) is 2. The summed E-state index contributed by atoms with van der Waals surface area (Å²) in [4.78, 5) is 5.43. The Morgan fingerprint density at radius 2 is 1.96 bits per heavy atom. The third-order valence-corrected chi connectivity index (χ3v) is 7.93. The number of nitrogens with one attached hydrogen (secondary N) is 2. The van der Waals surface area contributed by atoms with Crippen molar-refractivity contribution in [2.24, 2.45) is 0 Å². The van der Waals surface area contributed by atoms with Crippen LogP contribution in [0.25, 0.3) is 0 Å². The van der Waals surface area contributed by atoms with Gasteiger partial charge in [-0.3, -0.25) is 9.62 Å². The molecule has 0 saturated carbocycles. The van der Waals surface area contributed by atoms with Gasteiger partial charge in [0.05, 0.1) is 16.9 Å². The van der Waals surface area contributed by atoms with E-state index in [1.165, 1.54) is 0 Å². The first kappa shape index (κ1) is 19.8. The highest BCUT2D eigenvalue weighted by Crippen LogP contribution is 2.39. The Labute approximate surface area is 171 Å². The van der Waals surface area contributed by atoms with E-state index in [4.69, 9.17) is 11.6 Å². The Morgan fingerprint density at radius 1 is 1.25 bits per heavy atom. The zero-order chi connectivity index (χ0) is 19.9. The van der Waals surface area contributed by atoms with E-state index in [9.17, 15) is 17.2 Å². The van der Waals surface area contributed by atoms with Crippen molar-refractivity contribution in [3.63, 3.8) is 0 Å². The number of halogens is 3. The van der Waals surface area contributed by atoms with Gasteiger partial charge >= 0.3 is 0 Å². The molecule has 0 radical (unpaired) electrons. The van der Waals surface area contributed by atoms with Crippen LogP contribution in [-0.4, -0.2) is 43.5 Å². The van der Waals surface area contributed by atoms with Gasteiger partial charge in [-0.2, -0.15) is 4.39 Å². The van der Waals surface area contributed by atoms with Crippen LogP contribution in [0.5, 0.6) is 0 Å². The number of hydrogen-bond donors (Lipinski definition) is 2. The molecule has 1 aromatic heterocycles. The van der Waals surface area contributed by atoms with Gasteiger partial charge < -0.3 is 5.32 Å². The molecule has 2 aliphatic heterocycles. The second-order valence-corrected chi connectivity index (χ2v) is 10.1. The number of aromatic nitrogens is 1. The van der Waals surface area contributed by atoms with Gasteiger partial charge in [0.15, 0.2) is 10.3 Å². The van der Waals surface area contributed by atoms with Crippen molar-refractivity contribution in [3.8, 4) is 0 Å². The molecule has 6 nitrogen and oxygen atoms in total. The first-order chi connectivity index (χ1) is 13.3. The zero-order valence-electron chi connectivity index (χ0n) is 14.8. The van der Waals surface area contributed by atoms with Crippen LogP contribution in [0.4, 0.5) is 19.6 Å². The van der Waals surface area contributed by atoms with Crippen LogP contribution in [-0.2, 0) is 10.0 Å². The van der Waals surface area contributed by atoms with Crippen molar-refractivity contribution >= 4 is 43.8 Å². The normalized spacial score (nSPS) is 19.0. The highest BCUT2D eigenvalue weighted by Gasteiger charge is 2.43. The average molecular weight is 449 g/mol. The van der Waals surface area contributed by atoms with Gasteiger partial charge in [-0.05, 0) is 50.9 Å². The third-order valence-electron chi connectivity index (χ3n) is 5.43. The standard InChI is InChI=1S/C17H19ClF2N4O2S2/c18-11-7-14(28(25,26)23-16-21-9-15(20)27-16)12(19)8-13(11)22-10-17-3-1-5-24(17)6-2-4-17/h7-9,22H,1-6,10H2,(H,21,23). The van der Waals surface area contributed by atoms with Crippen molar-refractivity contribution in [1.82, 2.24) is 9.88 Å². The minimum atomic E-state index is -4.28. The molecular weight excluding hydrogens is 430 g/mol. The topological polar surface area (TPSA) is 74.3 Å². The maximum atomic E-state index is 14.6. The smallest absolute Gasteiger partial charge is 0.266 e. The van der Waals surface area contributed by atoms with Crippen LogP contribution < -0.4 is 10.0 Å². The van der Waals surface area contributed by atoms with Crippen LogP contribution in [0.15, 0.2) is 23.2 Å². The van der Waals surface area contributed by atoms with Gasteiger partial charge in [0.1, 0.15) is 10.7 Å². The molecule has 2 aromatic rings. The summed E-state index contributed by atoms with van der Waals surface area (Å²) in [5.74, 6) is -0.941. The first-order valence-electron chi connectivity index (χ1n) is 8.91. The molecule has 0 unspecified atom stereocenters. The van der Waals surface area contributed by atoms with Crippen molar-refractivity contribution in [2.45, 2.75) is 36.1 Å². The molecular formula is C17H19ClF2N4O2S2. The second kappa shape index (κ2) is 7.40. The Hall–Kier alpha value is -1.49. The fourth-order valence-electron chi connectivity index (χ4n) is 4.12. The van der Waals surface area contributed by atoms with E-state index >= 15 is 0 Å². The van der Waals surface area contributed by atoms with Crippen LogP contribution in [0.1, 0.15) is 25.7 Å².